The molecule has 0 spiro atoms. The number of carbonyl (C=O) groups excluding carboxylic acids is 1. The normalized spacial score (nSPS) is 13.3. The van der Waals surface area contributed by atoms with Gasteiger partial charge in [-0.25, -0.2) is 0 Å². The summed E-state index contributed by atoms with van der Waals surface area (Å²) in [5.74, 6) is -0.362. The van der Waals surface area contributed by atoms with Crippen LogP contribution < -0.4 is 5.32 Å². The highest BCUT2D eigenvalue weighted by molar-refractivity contribution is 7.84. The molecule has 0 saturated carbocycles. The van der Waals surface area contributed by atoms with Gasteiger partial charge >= 0.3 is 0 Å². The van der Waals surface area contributed by atoms with Crippen LogP contribution in [-0.2, 0) is 22.0 Å². The van der Waals surface area contributed by atoms with E-state index >= 15 is 0 Å². The first-order valence-corrected chi connectivity index (χ1v) is 7.87. The zero-order chi connectivity index (χ0) is 14.1. The lowest BCUT2D eigenvalue weighted by atomic mass is 10.00. The smallest absolute Gasteiger partial charge is 0.237 e. The molecular formula is C14H18N2O2S. The molecule has 4 nitrogen and oxygen atoms in total. The molecule has 0 saturated heterocycles. The Morgan fingerprint density at radius 2 is 2.11 bits per heavy atom. The van der Waals surface area contributed by atoms with Crippen molar-refractivity contribution in [2.75, 3.05) is 18.6 Å². The molecule has 19 heavy (non-hydrogen) atoms. The third-order valence-electron chi connectivity index (χ3n) is 2.66. The van der Waals surface area contributed by atoms with E-state index in [2.05, 4.69) is 5.32 Å². The fraction of sp³-hybridized carbons (Fsp3) is 0.429. The Labute approximate surface area is 116 Å². The van der Waals surface area contributed by atoms with E-state index in [0.717, 1.165) is 5.56 Å². The van der Waals surface area contributed by atoms with Gasteiger partial charge in [-0.05, 0) is 18.4 Å². The predicted octanol–water partition coefficient (Wildman–Crippen LogP) is 1.25. The second kappa shape index (κ2) is 8.44. The molecule has 2 atom stereocenters. The van der Waals surface area contributed by atoms with Crippen molar-refractivity contribution in [3.63, 3.8) is 0 Å². The van der Waals surface area contributed by atoms with Gasteiger partial charge in [-0.1, -0.05) is 30.3 Å². The highest BCUT2D eigenvalue weighted by atomic mass is 32.2. The molecule has 0 radical (unpaired) electrons. The number of benzene rings is 1. The van der Waals surface area contributed by atoms with Crippen molar-refractivity contribution in [2.24, 2.45) is 5.92 Å². The van der Waals surface area contributed by atoms with Crippen LogP contribution in [0.4, 0.5) is 0 Å². The van der Waals surface area contributed by atoms with Crippen molar-refractivity contribution in [1.82, 2.24) is 5.32 Å². The summed E-state index contributed by atoms with van der Waals surface area (Å²) in [5, 5.41) is 11.8. The summed E-state index contributed by atoms with van der Waals surface area (Å²) in [5.41, 5.74) is 0.971. The summed E-state index contributed by atoms with van der Waals surface area (Å²) in [4.78, 5) is 11.8. The second-order valence-corrected chi connectivity index (χ2v) is 5.85. The number of nitriles is 1. The summed E-state index contributed by atoms with van der Waals surface area (Å²) in [6.07, 6.45) is 2.72. The molecule has 0 heterocycles. The van der Waals surface area contributed by atoms with Crippen LogP contribution in [0.3, 0.4) is 0 Å². The Morgan fingerprint density at radius 1 is 1.42 bits per heavy atom. The molecule has 102 valence electrons. The van der Waals surface area contributed by atoms with Crippen LogP contribution in [0.25, 0.3) is 0 Å². The molecule has 1 aromatic carbocycles. The molecule has 0 aromatic heterocycles. The molecule has 1 rings (SSSR count). The Bertz CT molecular complexity index is 468. The summed E-state index contributed by atoms with van der Waals surface area (Å²) in [6, 6.07) is 11.5. The lowest BCUT2D eigenvalue weighted by molar-refractivity contribution is -0.123. The van der Waals surface area contributed by atoms with Crippen LogP contribution in [0.5, 0.6) is 0 Å². The number of nitrogens with zero attached hydrogens (tertiary/aromatic N) is 1. The highest BCUT2D eigenvalue weighted by Crippen LogP contribution is 2.08. The minimum atomic E-state index is -0.841. The molecule has 2 unspecified atom stereocenters. The Morgan fingerprint density at radius 3 is 2.68 bits per heavy atom. The van der Waals surface area contributed by atoms with Gasteiger partial charge in [0.1, 0.15) is 5.92 Å². The Balaban J connectivity index is 2.40. The van der Waals surface area contributed by atoms with Crippen LogP contribution in [0, 0.1) is 17.2 Å². The van der Waals surface area contributed by atoms with E-state index in [0.29, 0.717) is 25.1 Å². The quantitative estimate of drug-likeness (QED) is 0.763. The van der Waals surface area contributed by atoms with Crippen molar-refractivity contribution in [2.45, 2.75) is 12.8 Å². The third-order valence-corrected chi connectivity index (χ3v) is 3.53. The predicted molar refractivity (Wildman–Crippen MR) is 75.8 cm³/mol. The zero-order valence-corrected chi connectivity index (χ0v) is 11.8. The van der Waals surface area contributed by atoms with E-state index in [9.17, 15) is 9.00 Å². The van der Waals surface area contributed by atoms with Gasteiger partial charge in [0.2, 0.25) is 5.91 Å². The first kappa shape index (κ1) is 15.4. The fourth-order valence-electron chi connectivity index (χ4n) is 1.66. The molecule has 1 aromatic rings. The van der Waals surface area contributed by atoms with Gasteiger partial charge in [-0.2, -0.15) is 5.26 Å². The van der Waals surface area contributed by atoms with Gasteiger partial charge in [0, 0.05) is 29.4 Å². The van der Waals surface area contributed by atoms with Crippen LogP contribution in [-0.4, -0.2) is 28.7 Å². The highest BCUT2D eigenvalue weighted by Gasteiger charge is 2.17. The maximum atomic E-state index is 11.8. The molecular weight excluding hydrogens is 260 g/mol. The molecule has 0 aliphatic carbocycles. The molecule has 1 amide bonds. The number of hydrogen-bond acceptors (Lipinski definition) is 3. The minimum Gasteiger partial charge on any atom is -0.355 e. The van der Waals surface area contributed by atoms with Crippen molar-refractivity contribution in [3.8, 4) is 6.07 Å². The first-order valence-electron chi connectivity index (χ1n) is 6.14. The molecule has 0 fully saturated rings. The lowest BCUT2D eigenvalue weighted by Gasteiger charge is -2.10. The van der Waals surface area contributed by atoms with Gasteiger partial charge in [0.25, 0.3) is 0 Å². The van der Waals surface area contributed by atoms with E-state index in [-0.39, 0.29) is 5.91 Å². The summed E-state index contributed by atoms with van der Waals surface area (Å²) < 4.78 is 10.9. The maximum Gasteiger partial charge on any atom is 0.237 e. The number of rotatable bonds is 7. The Hall–Kier alpha value is -1.67. The maximum absolute atomic E-state index is 11.8. The Kier molecular flexibility index (Phi) is 6.83. The lowest BCUT2D eigenvalue weighted by Crippen LogP contribution is -2.32. The molecule has 0 aliphatic rings. The van der Waals surface area contributed by atoms with Crippen LogP contribution >= 0.6 is 0 Å². The summed E-state index contributed by atoms with van der Waals surface area (Å²) in [7, 11) is -0.841. The SMILES string of the molecule is CS(=O)CCCNC(=O)C(C#N)Cc1ccccc1. The average Bonchev–Trinajstić information content (AvgIpc) is 2.41. The van der Waals surface area contributed by atoms with Crippen LogP contribution in [0.1, 0.15) is 12.0 Å². The largest absolute Gasteiger partial charge is 0.355 e. The van der Waals surface area contributed by atoms with E-state index < -0.39 is 16.7 Å². The zero-order valence-electron chi connectivity index (χ0n) is 11.0. The third kappa shape index (κ3) is 6.16. The molecule has 5 heteroatoms. The minimum absolute atomic E-state index is 0.256. The van der Waals surface area contributed by atoms with E-state index in [4.69, 9.17) is 5.26 Å². The van der Waals surface area contributed by atoms with Gasteiger partial charge < -0.3 is 5.32 Å². The second-order valence-electron chi connectivity index (χ2n) is 4.29. The van der Waals surface area contributed by atoms with Crippen molar-refractivity contribution in [3.05, 3.63) is 35.9 Å². The molecule has 1 N–H and O–H groups in total. The number of carbonyl (C=O) groups is 1. The van der Waals surface area contributed by atoms with Crippen molar-refractivity contribution < 1.29 is 9.00 Å². The average molecular weight is 278 g/mol. The van der Waals surface area contributed by atoms with Gasteiger partial charge in [-0.15, -0.1) is 0 Å². The van der Waals surface area contributed by atoms with Crippen LogP contribution in [0.2, 0.25) is 0 Å². The van der Waals surface area contributed by atoms with Crippen LogP contribution in [0.15, 0.2) is 30.3 Å². The standard InChI is InChI=1S/C14H18N2O2S/c1-19(18)9-5-8-16-14(17)13(11-15)10-12-6-3-2-4-7-12/h2-4,6-7,13H,5,8-10H2,1H3,(H,16,17). The fourth-order valence-corrected chi connectivity index (χ4v) is 2.21. The topological polar surface area (TPSA) is 70.0 Å². The monoisotopic (exact) mass is 278 g/mol. The van der Waals surface area contributed by atoms with Gasteiger partial charge in [-0.3, -0.25) is 9.00 Å². The van der Waals surface area contributed by atoms with Crippen molar-refractivity contribution >= 4 is 16.7 Å². The number of amides is 1. The van der Waals surface area contributed by atoms with Gasteiger partial charge in [0.05, 0.1) is 6.07 Å². The van der Waals surface area contributed by atoms with Gasteiger partial charge in [0.15, 0.2) is 0 Å². The number of hydrogen-bond donors (Lipinski definition) is 1. The number of nitrogens with one attached hydrogen (secondary N) is 1. The summed E-state index contributed by atoms with van der Waals surface area (Å²) in [6.45, 7) is 0.464. The van der Waals surface area contributed by atoms with E-state index in [1.165, 1.54) is 0 Å². The molecule has 0 aliphatic heterocycles. The molecule has 0 bridgehead atoms. The summed E-state index contributed by atoms with van der Waals surface area (Å²) >= 11 is 0. The van der Waals surface area contributed by atoms with Crippen molar-refractivity contribution in [1.29, 1.82) is 5.26 Å². The van der Waals surface area contributed by atoms with E-state index in [1.54, 1.807) is 6.26 Å². The first-order chi connectivity index (χ1) is 9.13. The van der Waals surface area contributed by atoms with E-state index in [1.807, 2.05) is 36.4 Å².